The van der Waals surface area contributed by atoms with E-state index < -0.39 is 9.84 Å². The van der Waals surface area contributed by atoms with Crippen molar-refractivity contribution in [2.24, 2.45) is 5.92 Å². The number of likely N-dealkylation sites (tertiary alicyclic amines) is 1. The molecule has 1 atom stereocenters. The smallest absolute Gasteiger partial charge is 0.236 e. The first-order valence-electron chi connectivity index (χ1n) is 11.9. The Hall–Kier alpha value is -1.44. The van der Waals surface area contributed by atoms with Gasteiger partial charge in [-0.1, -0.05) is 29.8 Å². The number of carbonyl (C=O) groups is 1. The minimum atomic E-state index is -2.85. The number of sulfone groups is 1. The number of hydrogen-bond donors (Lipinski definition) is 0. The minimum absolute atomic E-state index is 0.154. The van der Waals surface area contributed by atoms with Gasteiger partial charge in [0, 0.05) is 32.2 Å². The first kappa shape index (κ1) is 22.7. The molecule has 31 heavy (non-hydrogen) atoms. The van der Waals surface area contributed by atoms with Crippen molar-refractivity contribution in [3.8, 4) is 0 Å². The highest BCUT2D eigenvalue weighted by molar-refractivity contribution is 7.91. The first-order valence-corrected chi connectivity index (χ1v) is 13.7. The summed E-state index contributed by atoms with van der Waals surface area (Å²) >= 11 is 0. The Morgan fingerprint density at radius 1 is 0.968 bits per heavy atom. The van der Waals surface area contributed by atoms with Gasteiger partial charge in [0.15, 0.2) is 9.84 Å². The molecule has 1 aromatic carbocycles. The fraction of sp³-hybridized carbons (Fsp3) is 0.708. The number of amides is 1. The second-order valence-corrected chi connectivity index (χ2v) is 11.9. The molecular formula is C24H37N3O3S. The Morgan fingerprint density at radius 3 is 2.26 bits per heavy atom. The summed E-state index contributed by atoms with van der Waals surface area (Å²) < 4.78 is 23.5. The van der Waals surface area contributed by atoms with Crippen LogP contribution in [0.1, 0.15) is 36.8 Å². The Labute approximate surface area is 187 Å². The summed E-state index contributed by atoms with van der Waals surface area (Å²) in [5, 5.41) is 0. The highest BCUT2D eigenvalue weighted by Crippen LogP contribution is 2.23. The van der Waals surface area contributed by atoms with Crippen molar-refractivity contribution in [3.05, 3.63) is 35.4 Å². The summed E-state index contributed by atoms with van der Waals surface area (Å²) in [7, 11) is -2.85. The van der Waals surface area contributed by atoms with Crippen molar-refractivity contribution in [1.82, 2.24) is 14.7 Å². The highest BCUT2D eigenvalue weighted by atomic mass is 32.2. The number of carbonyl (C=O) groups excluding carboxylic acids is 1. The van der Waals surface area contributed by atoms with Gasteiger partial charge in [-0.05, 0) is 63.6 Å². The van der Waals surface area contributed by atoms with Crippen LogP contribution in [0.3, 0.4) is 0 Å². The summed E-state index contributed by atoms with van der Waals surface area (Å²) in [6.07, 6.45) is 5.50. The summed E-state index contributed by atoms with van der Waals surface area (Å²) in [6, 6.07) is 9.03. The zero-order valence-electron chi connectivity index (χ0n) is 18.8. The number of piperidine rings is 1. The summed E-state index contributed by atoms with van der Waals surface area (Å²) in [5.74, 6) is 1.60. The van der Waals surface area contributed by atoms with Gasteiger partial charge in [-0.3, -0.25) is 14.6 Å². The molecule has 3 saturated heterocycles. The topological polar surface area (TPSA) is 60.9 Å². The van der Waals surface area contributed by atoms with E-state index in [0.29, 0.717) is 18.1 Å². The number of nitrogens with zero attached hydrogens (tertiary/aromatic N) is 3. The van der Waals surface area contributed by atoms with E-state index in [1.807, 2.05) is 4.90 Å². The SMILES string of the molecule is Cc1ccc(CCC2CCN(CC(=O)N3CCN(C4CCS(=O)(=O)C4)CC3)CC2)cc1. The lowest BCUT2D eigenvalue weighted by molar-refractivity contribution is -0.134. The van der Waals surface area contributed by atoms with E-state index in [-0.39, 0.29) is 11.9 Å². The molecule has 0 aromatic heterocycles. The average Bonchev–Trinajstić information content (AvgIpc) is 3.14. The second-order valence-electron chi connectivity index (χ2n) is 9.72. The van der Waals surface area contributed by atoms with Crippen LogP contribution in [0.15, 0.2) is 24.3 Å². The van der Waals surface area contributed by atoms with Crippen LogP contribution in [0.5, 0.6) is 0 Å². The van der Waals surface area contributed by atoms with Gasteiger partial charge >= 0.3 is 0 Å². The first-order chi connectivity index (χ1) is 14.9. The zero-order valence-corrected chi connectivity index (χ0v) is 19.7. The number of hydrogen-bond acceptors (Lipinski definition) is 5. The maximum Gasteiger partial charge on any atom is 0.236 e. The lowest BCUT2D eigenvalue weighted by atomic mass is 9.90. The van der Waals surface area contributed by atoms with Crippen LogP contribution in [0.4, 0.5) is 0 Å². The van der Waals surface area contributed by atoms with Gasteiger partial charge in [0.25, 0.3) is 0 Å². The molecule has 3 aliphatic heterocycles. The molecule has 3 aliphatic rings. The van der Waals surface area contributed by atoms with Crippen molar-refractivity contribution in [1.29, 1.82) is 0 Å². The van der Waals surface area contributed by atoms with Crippen LogP contribution in [0.25, 0.3) is 0 Å². The van der Waals surface area contributed by atoms with E-state index in [1.54, 1.807) is 0 Å². The molecule has 1 amide bonds. The molecule has 1 unspecified atom stereocenters. The molecule has 3 heterocycles. The number of rotatable bonds is 6. The molecule has 6 nitrogen and oxygen atoms in total. The lowest BCUT2D eigenvalue weighted by Crippen LogP contribution is -2.54. The third kappa shape index (κ3) is 6.30. The normalized spacial score (nSPS) is 25.7. The maximum atomic E-state index is 12.8. The number of benzene rings is 1. The molecule has 0 spiro atoms. The van der Waals surface area contributed by atoms with E-state index in [0.717, 1.165) is 58.0 Å². The molecule has 0 N–H and O–H groups in total. The molecule has 0 saturated carbocycles. The third-order valence-electron chi connectivity index (χ3n) is 7.42. The highest BCUT2D eigenvalue weighted by Gasteiger charge is 2.34. The van der Waals surface area contributed by atoms with E-state index in [2.05, 4.69) is 41.0 Å². The Bertz CT molecular complexity index is 839. The van der Waals surface area contributed by atoms with Crippen molar-refractivity contribution in [3.63, 3.8) is 0 Å². The third-order valence-corrected chi connectivity index (χ3v) is 9.17. The van der Waals surface area contributed by atoms with Crippen molar-refractivity contribution < 1.29 is 13.2 Å². The van der Waals surface area contributed by atoms with Crippen LogP contribution >= 0.6 is 0 Å². The van der Waals surface area contributed by atoms with E-state index >= 15 is 0 Å². The molecule has 4 rings (SSSR count). The number of piperazine rings is 1. The molecule has 0 aliphatic carbocycles. The summed E-state index contributed by atoms with van der Waals surface area (Å²) in [4.78, 5) is 19.4. The van der Waals surface area contributed by atoms with Gasteiger partial charge in [0.2, 0.25) is 5.91 Å². The fourth-order valence-corrected chi connectivity index (χ4v) is 7.01. The molecular weight excluding hydrogens is 410 g/mol. The Kier molecular flexibility index (Phi) is 7.34. The van der Waals surface area contributed by atoms with Crippen LogP contribution < -0.4 is 0 Å². The summed E-state index contributed by atoms with van der Waals surface area (Å²) in [6.45, 7) is 7.74. The predicted octanol–water partition coefficient (Wildman–Crippen LogP) is 1.97. The van der Waals surface area contributed by atoms with E-state index in [9.17, 15) is 13.2 Å². The maximum absolute atomic E-state index is 12.8. The zero-order chi connectivity index (χ0) is 21.8. The molecule has 1 aromatic rings. The van der Waals surface area contributed by atoms with Crippen LogP contribution in [0, 0.1) is 12.8 Å². The standard InChI is InChI=1S/C24H37N3O3S/c1-20-2-4-21(5-3-20)6-7-22-8-11-25(12-9-22)18-24(28)27-15-13-26(14-16-27)23-10-17-31(29,30)19-23/h2-5,22-23H,6-19H2,1H3. The van der Waals surface area contributed by atoms with Gasteiger partial charge in [-0.15, -0.1) is 0 Å². The Balaban J connectivity index is 1.14. The van der Waals surface area contributed by atoms with Gasteiger partial charge in [-0.2, -0.15) is 0 Å². The lowest BCUT2D eigenvalue weighted by Gasteiger charge is -2.39. The van der Waals surface area contributed by atoms with Gasteiger partial charge in [-0.25, -0.2) is 8.42 Å². The molecule has 172 valence electrons. The van der Waals surface area contributed by atoms with Gasteiger partial charge in [0.1, 0.15) is 0 Å². The van der Waals surface area contributed by atoms with Crippen molar-refractivity contribution in [2.45, 2.75) is 45.1 Å². The van der Waals surface area contributed by atoms with E-state index in [4.69, 9.17) is 0 Å². The van der Waals surface area contributed by atoms with Crippen LogP contribution in [-0.4, -0.2) is 92.4 Å². The average molecular weight is 448 g/mol. The van der Waals surface area contributed by atoms with Crippen LogP contribution in [-0.2, 0) is 21.1 Å². The van der Waals surface area contributed by atoms with Crippen molar-refractivity contribution >= 4 is 15.7 Å². The largest absolute Gasteiger partial charge is 0.339 e. The van der Waals surface area contributed by atoms with Gasteiger partial charge < -0.3 is 4.90 Å². The Morgan fingerprint density at radius 2 is 1.65 bits per heavy atom. The quantitative estimate of drug-likeness (QED) is 0.667. The van der Waals surface area contributed by atoms with Crippen molar-refractivity contribution in [2.75, 3.05) is 57.3 Å². The number of aryl methyl sites for hydroxylation is 2. The molecule has 3 fully saturated rings. The second kappa shape index (κ2) is 10.0. The van der Waals surface area contributed by atoms with Gasteiger partial charge in [0.05, 0.1) is 18.1 Å². The molecule has 0 radical (unpaired) electrons. The molecule has 7 heteroatoms. The predicted molar refractivity (Wildman–Crippen MR) is 124 cm³/mol. The van der Waals surface area contributed by atoms with Crippen LogP contribution in [0.2, 0.25) is 0 Å². The fourth-order valence-electron chi connectivity index (χ4n) is 5.25. The van der Waals surface area contributed by atoms with E-state index in [1.165, 1.54) is 30.4 Å². The minimum Gasteiger partial charge on any atom is -0.339 e. The molecule has 0 bridgehead atoms. The monoisotopic (exact) mass is 447 g/mol. The summed E-state index contributed by atoms with van der Waals surface area (Å²) in [5.41, 5.74) is 2.74.